The number of rotatable bonds is 5. The zero-order valence-electron chi connectivity index (χ0n) is 13.7. The standard InChI is InChI=1S/C17H24N4O/c1-12-6-5-7-15(10-12)11-20-17(18-4)19-9-8-16-13(2)21-22-14(16)3/h5-7,10H,8-9,11H2,1-4H3,(H2,18,19,20). The van der Waals surface area contributed by atoms with Crippen molar-refractivity contribution in [3.63, 3.8) is 0 Å². The minimum atomic E-state index is 0.757. The van der Waals surface area contributed by atoms with Crippen molar-refractivity contribution in [1.29, 1.82) is 0 Å². The molecule has 0 aliphatic rings. The molecule has 118 valence electrons. The van der Waals surface area contributed by atoms with E-state index in [0.29, 0.717) is 0 Å². The highest BCUT2D eigenvalue weighted by atomic mass is 16.5. The molecule has 2 rings (SSSR count). The quantitative estimate of drug-likeness (QED) is 0.658. The second kappa shape index (κ2) is 7.64. The van der Waals surface area contributed by atoms with E-state index in [1.54, 1.807) is 7.05 Å². The first-order chi connectivity index (χ1) is 10.6. The van der Waals surface area contributed by atoms with Crippen molar-refractivity contribution in [1.82, 2.24) is 15.8 Å². The van der Waals surface area contributed by atoms with Gasteiger partial charge in [-0.05, 0) is 32.8 Å². The van der Waals surface area contributed by atoms with Crippen molar-refractivity contribution in [3.05, 3.63) is 52.4 Å². The summed E-state index contributed by atoms with van der Waals surface area (Å²) in [6, 6.07) is 8.45. The molecule has 1 aromatic heterocycles. The van der Waals surface area contributed by atoms with Crippen molar-refractivity contribution in [2.75, 3.05) is 13.6 Å². The number of nitrogens with zero attached hydrogens (tertiary/aromatic N) is 2. The number of nitrogens with one attached hydrogen (secondary N) is 2. The summed E-state index contributed by atoms with van der Waals surface area (Å²) in [7, 11) is 1.78. The van der Waals surface area contributed by atoms with Crippen molar-refractivity contribution in [3.8, 4) is 0 Å². The van der Waals surface area contributed by atoms with Crippen LogP contribution in [0.2, 0.25) is 0 Å². The Kier molecular flexibility index (Phi) is 5.58. The Morgan fingerprint density at radius 3 is 2.68 bits per heavy atom. The Morgan fingerprint density at radius 2 is 2.05 bits per heavy atom. The predicted octanol–water partition coefficient (Wildman–Crippen LogP) is 2.51. The molecule has 0 aliphatic heterocycles. The van der Waals surface area contributed by atoms with Crippen LogP contribution >= 0.6 is 0 Å². The average molecular weight is 300 g/mol. The normalized spacial score (nSPS) is 11.5. The van der Waals surface area contributed by atoms with Crippen molar-refractivity contribution < 1.29 is 4.52 Å². The molecule has 0 radical (unpaired) electrons. The van der Waals surface area contributed by atoms with Crippen LogP contribution in [0.5, 0.6) is 0 Å². The van der Waals surface area contributed by atoms with Gasteiger partial charge in [0.2, 0.25) is 0 Å². The van der Waals surface area contributed by atoms with Gasteiger partial charge >= 0.3 is 0 Å². The van der Waals surface area contributed by atoms with Crippen LogP contribution in [0.4, 0.5) is 0 Å². The summed E-state index contributed by atoms with van der Waals surface area (Å²) in [4.78, 5) is 4.24. The zero-order valence-corrected chi connectivity index (χ0v) is 13.7. The lowest BCUT2D eigenvalue weighted by atomic mass is 10.1. The van der Waals surface area contributed by atoms with Crippen LogP contribution in [0.3, 0.4) is 0 Å². The lowest BCUT2D eigenvalue weighted by molar-refractivity contribution is 0.392. The molecular formula is C17H24N4O. The van der Waals surface area contributed by atoms with Gasteiger partial charge in [-0.15, -0.1) is 0 Å². The van der Waals surface area contributed by atoms with E-state index in [1.807, 2.05) is 13.8 Å². The van der Waals surface area contributed by atoms with Gasteiger partial charge in [0.1, 0.15) is 5.76 Å². The van der Waals surface area contributed by atoms with Gasteiger partial charge in [-0.2, -0.15) is 0 Å². The highest BCUT2D eigenvalue weighted by molar-refractivity contribution is 5.79. The fourth-order valence-corrected chi connectivity index (χ4v) is 2.39. The monoisotopic (exact) mass is 300 g/mol. The summed E-state index contributed by atoms with van der Waals surface area (Å²) in [6.45, 7) is 7.56. The van der Waals surface area contributed by atoms with E-state index in [1.165, 1.54) is 16.7 Å². The van der Waals surface area contributed by atoms with Gasteiger partial charge in [0, 0.05) is 25.7 Å². The maximum atomic E-state index is 5.17. The molecular weight excluding hydrogens is 276 g/mol. The minimum Gasteiger partial charge on any atom is -0.361 e. The number of guanidine groups is 1. The fourth-order valence-electron chi connectivity index (χ4n) is 2.39. The topological polar surface area (TPSA) is 62.5 Å². The largest absolute Gasteiger partial charge is 0.361 e. The zero-order chi connectivity index (χ0) is 15.9. The van der Waals surface area contributed by atoms with Crippen molar-refractivity contribution in [2.45, 2.75) is 33.7 Å². The van der Waals surface area contributed by atoms with Crippen LogP contribution in [0, 0.1) is 20.8 Å². The number of aliphatic imine (C=N–C) groups is 1. The fraction of sp³-hybridized carbons (Fsp3) is 0.412. The Labute approximate surface area is 131 Å². The Bertz CT molecular complexity index is 626. The third-order valence-corrected chi connectivity index (χ3v) is 3.61. The van der Waals surface area contributed by atoms with E-state index >= 15 is 0 Å². The van der Waals surface area contributed by atoms with Crippen LogP contribution in [0.15, 0.2) is 33.8 Å². The first kappa shape index (κ1) is 16.1. The number of hydrogen-bond acceptors (Lipinski definition) is 3. The molecule has 0 unspecified atom stereocenters. The summed E-state index contributed by atoms with van der Waals surface area (Å²) in [5.41, 5.74) is 4.64. The molecule has 0 saturated carbocycles. The summed E-state index contributed by atoms with van der Waals surface area (Å²) >= 11 is 0. The molecule has 5 nitrogen and oxygen atoms in total. The molecule has 2 aromatic rings. The molecule has 0 aliphatic carbocycles. The van der Waals surface area contributed by atoms with Gasteiger partial charge in [-0.1, -0.05) is 35.0 Å². The molecule has 0 saturated heterocycles. The van der Waals surface area contributed by atoms with Gasteiger partial charge in [0.25, 0.3) is 0 Å². The van der Waals surface area contributed by atoms with Crippen LogP contribution in [0.1, 0.15) is 28.1 Å². The SMILES string of the molecule is CN=C(NCCc1c(C)noc1C)NCc1cccc(C)c1. The molecule has 22 heavy (non-hydrogen) atoms. The summed E-state index contributed by atoms with van der Waals surface area (Å²) < 4.78 is 5.17. The number of hydrogen-bond donors (Lipinski definition) is 2. The molecule has 1 aromatic carbocycles. The van der Waals surface area contributed by atoms with Crippen LogP contribution in [-0.2, 0) is 13.0 Å². The Morgan fingerprint density at radius 1 is 1.23 bits per heavy atom. The highest BCUT2D eigenvalue weighted by Crippen LogP contribution is 2.12. The maximum Gasteiger partial charge on any atom is 0.191 e. The molecule has 5 heteroatoms. The number of benzene rings is 1. The van der Waals surface area contributed by atoms with E-state index in [4.69, 9.17) is 4.52 Å². The van der Waals surface area contributed by atoms with E-state index in [-0.39, 0.29) is 0 Å². The second-order valence-electron chi connectivity index (χ2n) is 5.39. The van der Waals surface area contributed by atoms with Crippen LogP contribution < -0.4 is 10.6 Å². The third kappa shape index (κ3) is 4.35. The molecule has 0 spiro atoms. The van der Waals surface area contributed by atoms with Gasteiger partial charge in [-0.25, -0.2) is 0 Å². The third-order valence-electron chi connectivity index (χ3n) is 3.61. The lowest BCUT2D eigenvalue weighted by Crippen LogP contribution is -2.37. The number of aromatic nitrogens is 1. The molecule has 2 N–H and O–H groups in total. The predicted molar refractivity (Wildman–Crippen MR) is 89.1 cm³/mol. The Balaban J connectivity index is 1.80. The van der Waals surface area contributed by atoms with E-state index < -0.39 is 0 Å². The van der Waals surface area contributed by atoms with Gasteiger partial charge < -0.3 is 15.2 Å². The summed E-state index contributed by atoms with van der Waals surface area (Å²) in [5.74, 6) is 1.69. The van der Waals surface area contributed by atoms with E-state index in [0.717, 1.165) is 36.9 Å². The lowest BCUT2D eigenvalue weighted by Gasteiger charge is -2.12. The molecule has 0 amide bonds. The minimum absolute atomic E-state index is 0.757. The second-order valence-corrected chi connectivity index (χ2v) is 5.39. The smallest absolute Gasteiger partial charge is 0.191 e. The van der Waals surface area contributed by atoms with Gasteiger partial charge in [0.05, 0.1) is 5.69 Å². The highest BCUT2D eigenvalue weighted by Gasteiger charge is 2.08. The molecule has 0 bridgehead atoms. The Hall–Kier alpha value is -2.30. The molecule has 0 fully saturated rings. The molecule has 0 atom stereocenters. The van der Waals surface area contributed by atoms with Crippen molar-refractivity contribution >= 4 is 5.96 Å². The van der Waals surface area contributed by atoms with Crippen molar-refractivity contribution in [2.24, 2.45) is 4.99 Å². The van der Waals surface area contributed by atoms with Gasteiger partial charge in [0.15, 0.2) is 5.96 Å². The van der Waals surface area contributed by atoms with E-state index in [9.17, 15) is 0 Å². The first-order valence-corrected chi connectivity index (χ1v) is 7.52. The summed E-state index contributed by atoms with van der Waals surface area (Å²) in [6.07, 6.45) is 0.867. The summed E-state index contributed by atoms with van der Waals surface area (Å²) in [5, 5.41) is 10.6. The average Bonchev–Trinajstić information content (AvgIpc) is 2.82. The van der Waals surface area contributed by atoms with E-state index in [2.05, 4.69) is 52.0 Å². The maximum absolute atomic E-state index is 5.17. The van der Waals surface area contributed by atoms with Crippen LogP contribution in [0.25, 0.3) is 0 Å². The van der Waals surface area contributed by atoms with Crippen LogP contribution in [-0.4, -0.2) is 24.7 Å². The van der Waals surface area contributed by atoms with Gasteiger partial charge in [-0.3, -0.25) is 4.99 Å². The molecule has 1 heterocycles. The first-order valence-electron chi connectivity index (χ1n) is 7.52. The number of aryl methyl sites for hydroxylation is 3.